The van der Waals surface area contributed by atoms with E-state index in [1.807, 2.05) is 26.0 Å². The summed E-state index contributed by atoms with van der Waals surface area (Å²) in [6.45, 7) is 10.5. The van der Waals surface area contributed by atoms with Crippen LogP contribution in [0, 0.1) is 0 Å². The predicted octanol–water partition coefficient (Wildman–Crippen LogP) is 5.35. The van der Waals surface area contributed by atoms with Crippen LogP contribution in [0.5, 0.6) is 5.75 Å². The van der Waals surface area contributed by atoms with Crippen molar-refractivity contribution in [1.82, 2.24) is 10.2 Å². The summed E-state index contributed by atoms with van der Waals surface area (Å²) < 4.78 is 11.2. The van der Waals surface area contributed by atoms with Crippen molar-refractivity contribution in [3.63, 3.8) is 0 Å². The molecule has 0 aliphatic rings. The van der Waals surface area contributed by atoms with Crippen LogP contribution in [0.4, 0.5) is 5.69 Å². The Kier molecular flexibility index (Phi) is 7.52. The Morgan fingerprint density at radius 1 is 1.03 bits per heavy atom. The van der Waals surface area contributed by atoms with E-state index in [1.165, 1.54) is 11.8 Å². The average Bonchev–Trinajstić information content (AvgIpc) is 3.24. The van der Waals surface area contributed by atoms with Crippen molar-refractivity contribution in [3.8, 4) is 17.2 Å². The number of thioether (sulfide) groups is 1. The first kappa shape index (κ1) is 21.9. The van der Waals surface area contributed by atoms with Gasteiger partial charge in [-0.25, -0.2) is 0 Å². The van der Waals surface area contributed by atoms with Crippen LogP contribution in [0.15, 0.2) is 58.2 Å². The number of Topliss-reactive ketones (excluding diaryl/α,β-unsaturated/α-hetero) is 1. The molecule has 0 aliphatic heterocycles. The van der Waals surface area contributed by atoms with E-state index < -0.39 is 0 Å². The van der Waals surface area contributed by atoms with Crippen molar-refractivity contribution in [2.24, 2.45) is 0 Å². The highest BCUT2D eigenvalue weighted by Crippen LogP contribution is 2.29. The lowest BCUT2D eigenvalue weighted by atomic mass is 10.1. The fourth-order valence-corrected chi connectivity index (χ4v) is 3.86. The largest absolute Gasteiger partial charge is 0.494 e. The van der Waals surface area contributed by atoms with Gasteiger partial charge in [0.2, 0.25) is 5.89 Å². The highest BCUT2D eigenvalue weighted by molar-refractivity contribution is 8.00. The fourth-order valence-electron chi connectivity index (χ4n) is 3.10. The number of ketones is 1. The van der Waals surface area contributed by atoms with E-state index in [2.05, 4.69) is 41.1 Å². The number of nitrogens with zero attached hydrogens (tertiary/aromatic N) is 3. The van der Waals surface area contributed by atoms with Gasteiger partial charge in [-0.3, -0.25) is 4.79 Å². The van der Waals surface area contributed by atoms with E-state index in [0.29, 0.717) is 23.3 Å². The first-order valence-electron chi connectivity index (χ1n) is 10.2. The molecule has 0 aliphatic carbocycles. The summed E-state index contributed by atoms with van der Waals surface area (Å²) >= 11 is 1.26. The standard InChI is InChI=1S/C23H27N3O3S/c1-5-26(6-2)19-12-8-18(9-13-19)22-24-25-23(29-22)30-16(4)21(27)17-10-14-20(15-11-17)28-7-3/h8-16H,5-7H2,1-4H3. The van der Waals surface area contributed by atoms with Gasteiger partial charge in [0.15, 0.2) is 5.78 Å². The minimum absolute atomic E-state index is 0.00590. The third-order valence-corrected chi connectivity index (χ3v) is 5.68. The van der Waals surface area contributed by atoms with Crippen molar-refractivity contribution in [1.29, 1.82) is 0 Å². The van der Waals surface area contributed by atoms with Crippen molar-refractivity contribution in [2.45, 2.75) is 38.2 Å². The van der Waals surface area contributed by atoms with Gasteiger partial charge in [-0.15, -0.1) is 10.2 Å². The molecule has 7 heteroatoms. The SMILES string of the molecule is CCOc1ccc(C(=O)C(C)Sc2nnc(-c3ccc(N(CC)CC)cc3)o2)cc1. The van der Waals surface area contributed by atoms with Gasteiger partial charge in [0.25, 0.3) is 5.22 Å². The Balaban J connectivity index is 1.65. The second-order valence-corrected chi connectivity index (χ2v) is 7.97. The zero-order valence-corrected chi connectivity index (χ0v) is 18.6. The van der Waals surface area contributed by atoms with E-state index in [1.54, 1.807) is 24.3 Å². The molecule has 1 aromatic heterocycles. The molecule has 1 heterocycles. The Bertz CT molecular complexity index is 951. The topological polar surface area (TPSA) is 68.5 Å². The third-order valence-electron chi connectivity index (χ3n) is 4.75. The summed E-state index contributed by atoms with van der Waals surface area (Å²) in [5, 5.41) is 8.27. The van der Waals surface area contributed by atoms with Crippen LogP contribution in [0.2, 0.25) is 0 Å². The van der Waals surface area contributed by atoms with Gasteiger partial charge in [-0.1, -0.05) is 11.8 Å². The first-order chi connectivity index (χ1) is 14.5. The Morgan fingerprint density at radius 2 is 1.70 bits per heavy atom. The maximum Gasteiger partial charge on any atom is 0.277 e. The molecule has 3 rings (SSSR count). The van der Waals surface area contributed by atoms with E-state index in [-0.39, 0.29) is 11.0 Å². The normalized spacial score (nSPS) is 11.9. The molecule has 1 unspecified atom stereocenters. The minimum atomic E-state index is -0.346. The molecule has 2 aromatic carbocycles. The molecule has 0 saturated carbocycles. The number of rotatable bonds is 10. The van der Waals surface area contributed by atoms with Crippen LogP contribution < -0.4 is 9.64 Å². The average molecular weight is 426 g/mol. The summed E-state index contributed by atoms with van der Waals surface area (Å²) in [4.78, 5) is 15.0. The molecule has 1 atom stereocenters. The smallest absolute Gasteiger partial charge is 0.277 e. The number of carbonyl (C=O) groups is 1. The van der Waals surface area contributed by atoms with Gasteiger partial charge >= 0.3 is 0 Å². The molecule has 158 valence electrons. The lowest BCUT2D eigenvalue weighted by molar-refractivity contribution is 0.0993. The van der Waals surface area contributed by atoms with E-state index in [0.717, 1.165) is 30.1 Å². The monoisotopic (exact) mass is 425 g/mol. The Labute approximate surface area is 181 Å². The summed E-state index contributed by atoms with van der Waals surface area (Å²) in [6, 6.07) is 15.2. The quantitative estimate of drug-likeness (QED) is 0.320. The zero-order chi connectivity index (χ0) is 21.5. The van der Waals surface area contributed by atoms with Gasteiger partial charge in [0.05, 0.1) is 11.9 Å². The van der Waals surface area contributed by atoms with Crippen LogP contribution in [0.3, 0.4) is 0 Å². The summed E-state index contributed by atoms with van der Waals surface area (Å²) in [5.74, 6) is 1.21. The third kappa shape index (κ3) is 5.21. The molecular formula is C23H27N3O3S. The van der Waals surface area contributed by atoms with Crippen LogP contribution in [0.1, 0.15) is 38.1 Å². The van der Waals surface area contributed by atoms with Crippen LogP contribution in [-0.4, -0.2) is 40.9 Å². The first-order valence-corrected chi connectivity index (χ1v) is 11.1. The van der Waals surface area contributed by atoms with Crippen LogP contribution in [0.25, 0.3) is 11.5 Å². The highest BCUT2D eigenvalue weighted by Gasteiger charge is 2.20. The van der Waals surface area contributed by atoms with Crippen molar-refractivity contribution in [3.05, 3.63) is 54.1 Å². The van der Waals surface area contributed by atoms with E-state index in [4.69, 9.17) is 9.15 Å². The van der Waals surface area contributed by atoms with E-state index in [9.17, 15) is 4.79 Å². The number of hydrogen-bond acceptors (Lipinski definition) is 7. The molecule has 6 nitrogen and oxygen atoms in total. The highest BCUT2D eigenvalue weighted by atomic mass is 32.2. The lowest BCUT2D eigenvalue weighted by Crippen LogP contribution is -2.21. The molecule has 0 radical (unpaired) electrons. The molecule has 0 fully saturated rings. The summed E-state index contributed by atoms with van der Waals surface area (Å²) in [6.07, 6.45) is 0. The summed E-state index contributed by atoms with van der Waals surface area (Å²) in [7, 11) is 0. The molecule has 30 heavy (non-hydrogen) atoms. The Hall–Kier alpha value is -2.80. The molecule has 0 bridgehead atoms. The molecular weight excluding hydrogens is 398 g/mol. The second-order valence-electron chi connectivity index (χ2n) is 6.67. The zero-order valence-electron chi connectivity index (χ0n) is 17.8. The van der Waals surface area contributed by atoms with Gasteiger partial charge < -0.3 is 14.1 Å². The maximum atomic E-state index is 12.7. The minimum Gasteiger partial charge on any atom is -0.494 e. The van der Waals surface area contributed by atoms with Gasteiger partial charge in [0.1, 0.15) is 5.75 Å². The van der Waals surface area contributed by atoms with Crippen LogP contribution >= 0.6 is 11.8 Å². The maximum absolute atomic E-state index is 12.7. The lowest BCUT2D eigenvalue weighted by Gasteiger charge is -2.20. The number of carbonyl (C=O) groups excluding carboxylic acids is 1. The van der Waals surface area contributed by atoms with Gasteiger partial charge in [0, 0.05) is 29.9 Å². The number of anilines is 1. The Morgan fingerprint density at radius 3 is 2.30 bits per heavy atom. The van der Waals surface area contributed by atoms with Crippen LogP contribution in [-0.2, 0) is 0 Å². The molecule has 0 N–H and O–H groups in total. The predicted molar refractivity (Wildman–Crippen MR) is 121 cm³/mol. The van der Waals surface area contributed by atoms with Crippen molar-refractivity contribution >= 4 is 23.2 Å². The van der Waals surface area contributed by atoms with Gasteiger partial charge in [-0.2, -0.15) is 0 Å². The number of benzene rings is 2. The molecule has 3 aromatic rings. The molecule has 0 saturated heterocycles. The van der Waals surface area contributed by atoms with Gasteiger partial charge in [-0.05, 0) is 76.2 Å². The molecule has 0 spiro atoms. The van der Waals surface area contributed by atoms with Crippen molar-refractivity contribution < 1.29 is 13.9 Å². The molecule has 0 amide bonds. The number of hydrogen-bond donors (Lipinski definition) is 0. The number of ether oxygens (including phenoxy) is 1. The summed E-state index contributed by atoms with van der Waals surface area (Å²) in [5.41, 5.74) is 2.65. The van der Waals surface area contributed by atoms with E-state index >= 15 is 0 Å². The fraction of sp³-hybridized carbons (Fsp3) is 0.348. The number of aromatic nitrogens is 2. The second kappa shape index (κ2) is 10.3. The van der Waals surface area contributed by atoms with Crippen molar-refractivity contribution in [2.75, 3.05) is 24.6 Å².